The van der Waals surface area contributed by atoms with Crippen LogP contribution in [0.2, 0.25) is 0 Å². The van der Waals surface area contributed by atoms with Crippen LogP contribution in [0.1, 0.15) is 40.9 Å². The van der Waals surface area contributed by atoms with Crippen LogP contribution >= 0.6 is 0 Å². The van der Waals surface area contributed by atoms with Crippen molar-refractivity contribution in [2.75, 3.05) is 11.5 Å². The Hall–Kier alpha value is -2.62. The summed E-state index contributed by atoms with van der Waals surface area (Å²) in [6.45, 7) is 4.10. The summed E-state index contributed by atoms with van der Waals surface area (Å²) in [5, 5.41) is 0. The number of hydrogen-bond donors (Lipinski definition) is 0. The molecule has 0 aromatic heterocycles. The molecule has 1 heterocycles. The van der Waals surface area contributed by atoms with Gasteiger partial charge < -0.3 is 9.64 Å². The Bertz CT molecular complexity index is 740. The molecule has 3 rings (SSSR count). The van der Waals surface area contributed by atoms with E-state index in [1.165, 1.54) is 0 Å². The molecule has 1 amide bonds. The summed E-state index contributed by atoms with van der Waals surface area (Å²) in [6.07, 6.45) is 0.158. The molecule has 0 fully saturated rings. The summed E-state index contributed by atoms with van der Waals surface area (Å²) < 4.78 is 5.09. The van der Waals surface area contributed by atoms with Crippen molar-refractivity contribution in [3.05, 3.63) is 65.2 Å². The molecule has 118 valence electrons. The minimum atomic E-state index is -0.321. The molecule has 2 aromatic carbocycles. The van der Waals surface area contributed by atoms with Crippen molar-refractivity contribution in [3.8, 4) is 0 Å². The first-order chi connectivity index (χ1) is 11.1. The van der Waals surface area contributed by atoms with Crippen LogP contribution in [0.25, 0.3) is 0 Å². The maximum Gasteiger partial charge on any atom is 0.308 e. The van der Waals surface area contributed by atoms with Crippen molar-refractivity contribution in [1.29, 1.82) is 0 Å². The first kappa shape index (κ1) is 15.3. The van der Waals surface area contributed by atoms with Crippen molar-refractivity contribution in [1.82, 2.24) is 0 Å². The highest BCUT2D eigenvalue weighted by Crippen LogP contribution is 2.39. The fourth-order valence-electron chi connectivity index (χ4n) is 3.03. The first-order valence-corrected chi connectivity index (χ1v) is 7.76. The van der Waals surface area contributed by atoms with E-state index in [0.717, 1.165) is 16.8 Å². The SMILES string of the molecule is CCOC(=O)CC1c2cc(C)ccc2C(=O)N1c1ccccc1. The second-order valence-corrected chi connectivity index (χ2v) is 5.63. The van der Waals surface area contributed by atoms with Gasteiger partial charge in [0.1, 0.15) is 0 Å². The molecule has 0 aliphatic carbocycles. The second-order valence-electron chi connectivity index (χ2n) is 5.63. The Morgan fingerprint density at radius 3 is 2.61 bits per heavy atom. The Morgan fingerprint density at radius 2 is 1.91 bits per heavy atom. The smallest absolute Gasteiger partial charge is 0.308 e. The molecule has 0 N–H and O–H groups in total. The number of ether oxygens (including phenoxy) is 1. The van der Waals surface area contributed by atoms with Gasteiger partial charge in [-0.2, -0.15) is 0 Å². The number of esters is 1. The molecule has 1 atom stereocenters. The minimum Gasteiger partial charge on any atom is -0.466 e. The molecule has 23 heavy (non-hydrogen) atoms. The van der Waals surface area contributed by atoms with E-state index < -0.39 is 0 Å². The zero-order chi connectivity index (χ0) is 16.4. The molecular weight excluding hydrogens is 290 g/mol. The van der Waals surface area contributed by atoms with Crippen LogP contribution in [-0.4, -0.2) is 18.5 Å². The standard InChI is InChI=1S/C19H19NO3/c1-3-23-18(21)12-17-16-11-13(2)9-10-15(16)19(22)20(17)14-7-5-4-6-8-14/h4-11,17H,3,12H2,1-2H3. The average molecular weight is 309 g/mol. The van der Waals surface area contributed by atoms with E-state index >= 15 is 0 Å². The molecule has 1 unspecified atom stereocenters. The number of fused-ring (bicyclic) bond motifs is 1. The van der Waals surface area contributed by atoms with Crippen LogP contribution in [0, 0.1) is 6.92 Å². The quantitative estimate of drug-likeness (QED) is 0.810. The van der Waals surface area contributed by atoms with Crippen LogP contribution in [-0.2, 0) is 9.53 Å². The summed E-state index contributed by atoms with van der Waals surface area (Å²) in [6, 6.07) is 14.9. The van der Waals surface area contributed by atoms with Crippen molar-refractivity contribution in [2.45, 2.75) is 26.3 Å². The maximum atomic E-state index is 12.8. The lowest BCUT2D eigenvalue weighted by atomic mass is 10.00. The van der Waals surface area contributed by atoms with Gasteiger partial charge in [0, 0.05) is 11.3 Å². The lowest BCUT2D eigenvalue weighted by Crippen LogP contribution is -2.29. The average Bonchev–Trinajstić information content (AvgIpc) is 2.80. The number of amides is 1. The highest BCUT2D eigenvalue weighted by Gasteiger charge is 2.39. The van der Waals surface area contributed by atoms with Crippen molar-refractivity contribution < 1.29 is 14.3 Å². The number of aryl methyl sites for hydroxylation is 1. The van der Waals surface area contributed by atoms with Crippen LogP contribution in [0.3, 0.4) is 0 Å². The number of carbonyl (C=O) groups is 2. The van der Waals surface area contributed by atoms with Crippen LogP contribution in [0.5, 0.6) is 0 Å². The zero-order valence-corrected chi connectivity index (χ0v) is 13.3. The predicted octanol–water partition coefficient (Wildman–Crippen LogP) is 3.65. The van der Waals surface area contributed by atoms with Crippen LogP contribution in [0.15, 0.2) is 48.5 Å². The monoisotopic (exact) mass is 309 g/mol. The molecule has 4 nitrogen and oxygen atoms in total. The maximum absolute atomic E-state index is 12.8. The Morgan fingerprint density at radius 1 is 1.17 bits per heavy atom. The largest absolute Gasteiger partial charge is 0.466 e. The number of nitrogens with zero attached hydrogens (tertiary/aromatic N) is 1. The molecule has 0 saturated heterocycles. The molecule has 1 aliphatic heterocycles. The van der Waals surface area contributed by atoms with Gasteiger partial charge >= 0.3 is 5.97 Å². The summed E-state index contributed by atoms with van der Waals surface area (Å²) in [5.41, 5.74) is 3.42. The second kappa shape index (κ2) is 6.24. The highest BCUT2D eigenvalue weighted by molar-refractivity contribution is 6.11. The van der Waals surface area contributed by atoms with Crippen molar-refractivity contribution in [2.24, 2.45) is 0 Å². The third kappa shape index (κ3) is 2.84. The van der Waals surface area contributed by atoms with Crippen molar-refractivity contribution >= 4 is 17.6 Å². The molecular formula is C19H19NO3. The summed E-state index contributed by atoms with van der Waals surface area (Å²) >= 11 is 0. The summed E-state index contributed by atoms with van der Waals surface area (Å²) in [5.74, 6) is -0.360. The number of anilines is 1. The van der Waals surface area contributed by atoms with E-state index in [1.54, 1.807) is 11.8 Å². The van der Waals surface area contributed by atoms with Gasteiger partial charge in [0.15, 0.2) is 0 Å². The van der Waals surface area contributed by atoms with E-state index in [1.807, 2.05) is 55.5 Å². The van der Waals surface area contributed by atoms with E-state index in [4.69, 9.17) is 4.74 Å². The van der Waals surface area contributed by atoms with Crippen molar-refractivity contribution in [3.63, 3.8) is 0 Å². The lowest BCUT2D eigenvalue weighted by molar-refractivity contribution is -0.143. The predicted molar refractivity (Wildman–Crippen MR) is 88.4 cm³/mol. The van der Waals surface area contributed by atoms with Gasteiger partial charge in [-0.05, 0) is 37.6 Å². The fraction of sp³-hybridized carbons (Fsp3) is 0.263. The number of rotatable bonds is 4. The normalized spacial score (nSPS) is 16.3. The Balaban J connectivity index is 2.04. The molecule has 0 bridgehead atoms. The van der Waals surface area contributed by atoms with Gasteiger partial charge in [-0.25, -0.2) is 0 Å². The van der Waals surface area contributed by atoms with Crippen LogP contribution < -0.4 is 4.90 Å². The van der Waals surface area contributed by atoms with E-state index in [-0.39, 0.29) is 24.3 Å². The third-order valence-corrected chi connectivity index (χ3v) is 4.03. The van der Waals surface area contributed by atoms with E-state index in [9.17, 15) is 9.59 Å². The van der Waals surface area contributed by atoms with Gasteiger partial charge in [-0.1, -0.05) is 35.9 Å². The highest BCUT2D eigenvalue weighted by atomic mass is 16.5. The number of para-hydroxylation sites is 1. The van der Waals surface area contributed by atoms with E-state index in [0.29, 0.717) is 12.2 Å². The molecule has 0 saturated carbocycles. The Labute approximate surface area is 135 Å². The molecule has 0 spiro atoms. The third-order valence-electron chi connectivity index (χ3n) is 4.03. The van der Waals surface area contributed by atoms with Crippen LogP contribution in [0.4, 0.5) is 5.69 Å². The van der Waals surface area contributed by atoms with Gasteiger partial charge in [0.2, 0.25) is 0 Å². The molecule has 4 heteroatoms. The van der Waals surface area contributed by atoms with Gasteiger partial charge in [0.05, 0.1) is 19.1 Å². The number of carbonyl (C=O) groups excluding carboxylic acids is 2. The summed E-state index contributed by atoms with van der Waals surface area (Å²) in [7, 11) is 0. The number of hydrogen-bond acceptors (Lipinski definition) is 3. The molecule has 0 radical (unpaired) electrons. The topological polar surface area (TPSA) is 46.6 Å². The fourth-order valence-corrected chi connectivity index (χ4v) is 3.03. The molecule has 2 aromatic rings. The lowest BCUT2D eigenvalue weighted by Gasteiger charge is -2.25. The van der Waals surface area contributed by atoms with Gasteiger partial charge in [0.25, 0.3) is 5.91 Å². The molecule has 1 aliphatic rings. The zero-order valence-electron chi connectivity index (χ0n) is 13.3. The Kier molecular flexibility index (Phi) is 4.15. The number of benzene rings is 2. The van der Waals surface area contributed by atoms with Gasteiger partial charge in [-0.15, -0.1) is 0 Å². The minimum absolute atomic E-state index is 0.0690. The van der Waals surface area contributed by atoms with Gasteiger partial charge in [-0.3, -0.25) is 9.59 Å². The first-order valence-electron chi connectivity index (χ1n) is 7.76. The van der Waals surface area contributed by atoms with E-state index in [2.05, 4.69) is 0 Å². The summed E-state index contributed by atoms with van der Waals surface area (Å²) in [4.78, 5) is 26.5.